The van der Waals surface area contributed by atoms with E-state index in [0.29, 0.717) is 15.6 Å². The van der Waals surface area contributed by atoms with Crippen LogP contribution in [0.25, 0.3) is 0 Å². The molecule has 2 aromatic carbocycles. The van der Waals surface area contributed by atoms with E-state index < -0.39 is 33.1 Å². The first-order valence-electron chi connectivity index (χ1n) is 7.83. The van der Waals surface area contributed by atoms with Crippen molar-refractivity contribution in [3.8, 4) is 11.5 Å². The number of ether oxygens (including phenoxy) is 2. The summed E-state index contributed by atoms with van der Waals surface area (Å²) in [5.74, 6) is -1.01. The zero-order valence-corrected chi connectivity index (χ0v) is 16.1. The van der Waals surface area contributed by atoms with Crippen molar-refractivity contribution < 1.29 is 32.7 Å². The van der Waals surface area contributed by atoms with E-state index in [-0.39, 0.29) is 16.3 Å². The van der Waals surface area contributed by atoms with Crippen molar-refractivity contribution in [3.05, 3.63) is 52.1 Å². The van der Waals surface area contributed by atoms with Gasteiger partial charge in [-0.2, -0.15) is 0 Å². The Hall–Kier alpha value is -3.34. The molecule has 0 saturated heterocycles. The second-order valence-corrected chi connectivity index (χ2v) is 7.51. The summed E-state index contributed by atoms with van der Waals surface area (Å²) in [6.07, 6.45) is 0. The summed E-state index contributed by atoms with van der Waals surface area (Å²) < 4.78 is 37.1. The molecule has 28 heavy (non-hydrogen) atoms. The maximum atomic E-state index is 13.2. The fourth-order valence-electron chi connectivity index (χ4n) is 2.55. The third-order valence-electron chi connectivity index (χ3n) is 3.88. The van der Waals surface area contributed by atoms with E-state index in [1.807, 2.05) is 0 Å². The first-order chi connectivity index (χ1) is 13.1. The average molecular weight is 410 g/mol. The Kier molecular flexibility index (Phi) is 6.09. The molecule has 0 fully saturated rings. The summed E-state index contributed by atoms with van der Waals surface area (Å²) >= 11 is 0. The van der Waals surface area contributed by atoms with E-state index in [1.54, 1.807) is 6.92 Å². The largest absolute Gasteiger partial charge is 0.496 e. The van der Waals surface area contributed by atoms with Crippen LogP contribution in [0, 0.1) is 17.0 Å². The number of aliphatic carboxylic acids is 1. The van der Waals surface area contributed by atoms with Crippen LogP contribution in [0.1, 0.15) is 5.56 Å². The number of rotatable bonds is 8. The number of aryl methyl sites for hydroxylation is 1. The molecule has 2 rings (SSSR count). The number of sulfonamides is 1. The lowest BCUT2D eigenvalue weighted by Crippen LogP contribution is -2.36. The maximum Gasteiger partial charge on any atom is 0.324 e. The van der Waals surface area contributed by atoms with Crippen LogP contribution in [0.3, 0.4) is 0 Å². The number of non-ortho nitro benzene ring substituents is 1. The van der Waals surface area contributed by atoms with Crippen molar-refractivity contribution in [2.45, 2.75) is 11.8 Å². The van der Waals surface area contributed by atoms with Gasteiger partial charge >= 0.3 is 5.97 Å². The minimum atomic E-state index is -4.38. The third-order valence-corrected chi connectivity index (χ3v) is 5.63. The normalized spacial score (nSPS) is 11.0. The van der Waals surface area contributed by atoms with Gasteiger partial charge in [-0.25, -0.2) is 8.42 Å². The topological polar surface area (TPSA) is 136 Å². The highest BCUT2D eigenvalue weighted by Crippen LogP contribution is 2.36. The molecule has 0 aliphatic rings. The van der Waals surface area contributed by atoms with Crippen LogP contribution in [0.4, 0.5) is 11.4 Å². The highest BCUT2D eigenvalue weighted by Gasteiger charge is 2.31. The summed E-state index contributed by atoms with van der Waals surface area (Å²) in [6, 6.07) is 7.32. The van der Waals surface area contributed by atoms with Crippen LogP contribution in [0.5, 0.6) is 11.5 Å². The van der Waals surface area contributed by atoms with Gasteiger partial charge in [-0.15, -0.1) is 0 Å². The first kappa shape index (κ1) is 21.0. The number of nitro benzene ring substituents is 1. The lowest BCUT2D eigenvalue weighted by atomic mass is 10.2. The fraction of sp³-hybridized carbons (Fsp3) is 0.235. The van der Waals surface area contributed by atoms with E-state index in [0.717, 1.165) is 12.1 Å². The molecule has 0 saturated carbocycles. The SMILES string of the molecule is COc1ccc(S(=O)(=O)N(CC(=O)O)c2cc([N+](=O)[O-])ccc2OC)cc1C. The number of anilines is 1. The van der Waals surface area contributed by atoms with Crippen LogP contribution in [-0.2, 0) is 14.8 Å². The molecule has 150 valence electrons. The zero-order valence-electron chi connectivity index (χ0n) is 15.3. The van der Waals surface area contributed by atoms with E-state index in [1.165, 1.54) is 38.5 Å². The van der Waals surface area contributed by atoms with Crippen molar-refractivity contribution in [2.75, 3.05) is 25.1 Å². The third kappa shape index (κ3) is 4.14. The quantitative estimate of drug-likeness (QED) is 0.517. The van der Waals surface area contributed by atoms with Gasteiger partial charge in [0.15, 0.2) is 0 Å². The smallest absolute Gasteiger partial charge is 0.324 e. The van der Waals surface area contributed by atoms with E-state index >= 15 is 0 Å². The van der Waals surface area contributed by atoms with Gasteiger partial charge in [0.1, 0.15) is 23.7 Å². The Labute approximate surface area is 161 Å². The molecular formula is C17H18N2O8S. The van der Waals surface area contributed by atoms with Gasteiger partial charge in [0, 0.05) is 12.1 Å². The Bertz CT molecular complexity index is 1020. The summed E-state index contributed by atoms with van der Waals surface area (Å²) in [5.41, 5.74) is -0.148. The number of methoxy groups -OCH3 is 2. The Morgan fingerprint density at radius 2 is 1.75 bits per heavy atom. The molecule has 0 aliphatic carbocycles. The summed E-state index contributed by atoms with van der Waals surface area (Å²) in [7, 11) is -1.70. The van der Waals surface area contributed by atoms with Gasteiger partial charge in [0.25, 0.3) is 15.7 Å². The maximum absolute atomic E-state index is 13.2. The number of nitrogens with zero attached hydrogens (tertiary/aromatic N) is 2. The van der Waals surface area contributed by atoms with E-state index in [2.05, 4.69) is 0 Å². The lowest BCUT2D eigenvalue weighted by Gasteiger charge is -2.24. The molecule has 2 aromatic rings. The zero-order chi connectivity index (χ0) is 21.1. The number of carboxylic acid groups (broad SMARTS) is 1. The van der Waals surface area contributed by atoms with Crippen molar-refractivity contribution in [2.24, 2.45) is 0 Å². The predicted octanol–water partition coefficient (Wildman–Crippen LogP) is 2.20. The second-order valence-electron chi connectivity index (χ2n) is 5.65. The Morgan fingerprint density at radius 1 is 1.14 bits per heavy atom. The Balaban J connectivity index is 2.70. The van der Waals surface area contributed by atoms with E-state index in [4.69, 9.17) is 9.47 Å². The van der Waals surface area contributed by atoms with E-state index in [9.17, 15) is 28.4 Å². The standard InChI is InChI=1S/C17H18N2O8S/c1-11-8-13(5-7-15(11)26-2)28(24,25)18(10-17(20)21)14-9-12(19(22)23)4-6-16(14)27-3/h4-9H,10H2,1-3H3,(H,20,21). The average Bonchev–Trinajstić information content (AvgIpc) is 2.65. The molecule has 11 heteroatoms. The minimum absolute atomic E-state index is 0.0272. The number of carboxylic acids is 1. The highest BCUT2D eigenvalue weighted by atomic mass is 32.2. The molecule has 1 N–H and O–H groups in total. The summed E-state index contributed by atoms with van der Waals surface area (Å²) in [6.45, 7) is 0.679. The molecule has 0 bridgehead atoms. The molecule has 0 atom stereocenters. The second kappa shape index (κ2) is 8.13. The molecule has 10 nitrogen and oxygen atoms in total. The highest BCUT2D eigenvalue weighted by molar-refractivity contribution is 7.92. The number of hydrogen-bond donors (Lipinski definition) is 1. The lowest BCUT2D eigenvalue weighted by molar-refractivity contribution is -0.384. The monoisotopic (exact) mass is 410 g/mol. The molecule has 0 radical (unpaired) electrons. The van der Waals surface area contributed by atoms with Crippen LogP contribution >= 0.6 is 0 Å². The number of carbonyl (C=O) groups is 1. The van der Waals surface area contributed by atoms with Crippen molar-refractivity contribution in [1.82, 2.24) is 0 Å². The van der Waals surface area contributed by atoms with Gasteiger partial charge in [-0.05, 0) is 36.8 Å². The number of benzene rings is 2. The molecule has 0 heterocycles. The molecule has 0 aliphatic heterocycles. The summed E-state index contributed by atoms with van der Waals surface area (Å²) in [5, 5.41) is 20.3. The van der Waals surface area contributed by atoms with Gasteiger partial charge in [0.2, 0.25) is 0 Å². The van der Waals surface area contributed by atoms with Crippen LogP contribution in [0.2, 0.25) is 0 Å². The van der Waals surface area contributed by atoms with Gasteiger partial charge < -0.3 is 14.6 Å². The number of hydrogen-bond acceptors (Lipinski definition) is 7. The molecular weight excluding hydrogens is 392 g/mol. The van der Waals surface area contributed by atoms with Crippen molar-refractivity contribution >= 4 is 27.4 Å². The van der Waals surface area contributed by atoms with Crippen molar-refractivity contribution in [1.29, 1.82) is 0 Å². The predicted molar refractivity (Wildman–Crippen MR) is 99.5 cm³/mol. The van der Waals surface area contributed by atoms with Crippen LogP contribution < -0.4 is 13.8 Å². The van der Waals surface area contributed by atoms with Crippen LogP contribution in [-0.4, -0.2) is 45.2 Å². The van der Waals surface area contributed by atoms with Gasteiger partial charge in [-0.3, -0.25) is 19.2 Å². The molecule has 0 unspecified atom stereocenters. The number of nitro groups is 1. The molecule has 0 aromatic heterocycles. The first-order valence-corrected chi connectivity index (χ1v) is 9.27. The fourth-order valence-corrected chi connectivity index (χ4v) is 4.05. The summed E-state index contributed by atoms with van der Waals surface area (Å²) in [4.78, 5) is 21.5. The van der Waals surface area contributed by atoms with Gasteiger partial charge in [0.05, 0.1) is 24.0 Å². The van der Waals surface area contributed by atoms with Crippen molar-refractivity contribution in [3.63, 3.8) is 0 Å². The molecule has 0 amide bonds. The molecule has 0 spiro atoms. The Morgan fingerprint density at radius 3 is 2.25 bits per heavy atom. The van der Waals surface area contributed by atoms with Gasteiger partial charge in [-0.1, -0.05) is 0 Å². The minimum Gasteiger partial charge on any atom is -0.496 e. The van der Waals surface area contributed by atoms with Crippen LogP contribution in [0.15, 0.2) is 41.3 Å².